The van der Waals surface area contributed by atoms with Crippen molar-refractivity contribution in [3.05, 3.63) is 29.8 Å². The van der Waals surface area contributed by atoms with Crippen LogP contribution in [0.3, 0.4) is 0 Å². The van der Waals surface area contributed by atoms with Crippen molar-refractivity contribution < 1.29 is 13.2 Å². The molecule has 1 aliphatic rings. The van der Waals surface area contributed by atoms with Crippen LogP contribution in [0.5, 0.6) is 0 Å². The Morgan fingerprint density at radius 1 is 1.42 bits per heavy atom. The van der Waals surface area contributed by atoms with Gasteiger partial charge < -0.3 is 15.8 Å². The Balaban J connectivity index is 0.00000288. The second-order valence-corrected chi connectivity index (χ2v) is 8.12. The highest BCUT2D eigenvalue weighted by atomic mass is 127. The van der Waals surface area contributed by atoms with Gasteiger partial charge in [-0.1, -0.05) is 26.0 Å². The maximum Gasteiger partial charge on any atom is 0.193 e. The van der Waals surface area contributed by atoms with Crippen LogP contribution in [-0.4, -0.2) is 45.1 Å². The van der Waals surface area contributed by atoms with E-state index < -0.39 is 15.9 Å². The number of nitrogens with one attached hydrogen (secondary N) is 1. The Morgan fingerprint density at radius 2 is 2.08 bits per heavy atom. The summed E-state index contributed by atoms with van der Waals surface area (Å²) < 4.78 is 28.5. The summed E-state index contributed by atoms with van der Waals surface area (Å²) in [6.45, 7) is 4.82. The molecule has 24 heavy (non-hydrogen) atoms. The van der Waals surface area contributed by atoms with Crippen molar-refractivity contribution >= 4 is 45.5 Å². The van der Waals surface area contributed by atoms with E-state index in [1.165, 1.54) is 5.56 Å². The van der Waals surface area contributed by atoms with Crippen molar-refractivity contribution in [3.63, 3.8) is 0 Å². The summed E-state index contributed by atoms with van der Waals surface area (Å²) in [5.41, 5.74) is 7.99. The lowest BCUT2D eigenvalue weighted by Crippen LogP contribution is -2.37. The Labute approximate surface area is 161 Å². The molecule has 1 aliphatic heterocycles. The molecule has 0 radical (unpaired) electrons. The molecule has 6 nitrogen and oxygen atoms in total. The Bertz CT molecular complexity index is 647. The van der Waals surface area contributed by atoms with Crippen molar-refractivity contribution in [1.82, 2.24) is 0 Å². The minimum atomic E-state index is -3.01. The number of nitrogens with two attached hydrogens (primary N) is 1. The zero-order chi connectivity index (χ0) is 16.9. The molecule has 3 N–H and O–H groups in total. The van der Waals surface area contributed by atoms with Gasteiger partial charge in [0.25, 0.3) is 0 Å². The van der Waals surface area contributed by atoms with E-state index in [1.807, 2.05) is 12.1 Å². The first-order chi connectivity index (χ1) is 10.9. The van der Waals surface area contributed by atoms with Crippen molar-refractivity contribution in [1.29, 1.82) is 0 Å². The lowest BCUT2D eigenvalue weighted by atomic mass is 9.99. The van der Waals surface area contributed by atoms with Gasteiger partial charge in [0, 0.05) is 5.69 Å². The maximum atomic E-state index is 11.5. The van der Waals surface area contributed by atoms with Crippen LogP contribution in [-0.2, 0) is 14.6 Å². The SMILES string of the molecule is CCC(C)c1ccc(NC(N)=NCC2CS(=O)(=O)CCO2)cc1.I. The van der Waals surface area contributed by atoms with E-state index in [4.69, 9.17) is 10.5 Å². The summed E-state index contributed by atoms with van der Waals surface area (Å²) in [5, 5.41) is 3.01. The molecular formula is C16H26IN3O3S. The fourth-order valence-electron chi connectivity index (χ4n) is 2.38. The van der Waals surface area contributed by atoms with Crippen LogP contribution in [0.15, 0.2) is 29.3 Å². The van der Waals surface area contributed by atoms with Gasteiger partial charge in [-0.05, 0) is 30.0 Å². The molecule has 0 bridgehead atoms. The second-order valence-electron chi connectivity index (χ2n) is 5.89. The highest BCUT2D eigenvalue weighted by molar-refractivity contribution is 14.0. The lowest BCUT2D eigenvalue weighted by molar-refractivity contribution is 0.0783. The standard InChI is InChI=1S/C16H25N3O3S.HI/c1-3-12(2)13-4-6-14(7-5-13)19-16(17)18-10-15-11-23(20,21)9-8-22-15;/h4-7,12,15H,3,8-11H2,1-2H3,(H3,17,18,19);1H. The summed E-state index contributed by atoms with van der Waals surface area (Å²) in [6, 6.07) is 8.07. The highest BCUT2D eigenvalue weighted by Gasteiger charge is 2.25. The quantitative estimate of drug-likeness (QED) is 0.394. The van der Waals surface area contributed by atoms with Gasteiger partial charge in [0.15, 0.2) is 15.8 Å². The number of halogens is 1. The number of sulfone groups is 1. The average Bonchev–Trinajstić information content (AvgIpc) is 2.52. The molecule has 1 heterocycles. The molecule has 1 saturated heterocycles. The van der Waals surface area contributed by atoms with Crippen LogP contribution < -0.4 is 11.1 Å². The number of aliphatic imine (C=N–C) groups is 1. The van der Waals surface area contributed by atoms with Crippen molar-refractivity contribution in [3.8, 4) is 0 Å². The molecule has 2 atom stereocenters. The third-order valence-electron chi connectivity index (χ3n) is 4.02. The number of nitrogens with zero attached hydrogens (tertiary/aromatic N) is 1. The molecular weight excluding hydrogens is 441 g/mol. The van der Waals surface area contributed by atoms with Crippen LogP contribution in [0.2, 0.25) is 0 Å². The molecule has 8 heteroatoms. The minimum absolute atomic E-state index is 0. The number of hydrogen-bond acceptors (Lipinski definition) is 4. The molecule has 2 unspecified atom stereocenters. The summed E-state index contributed by atoms with van der Waals surface area (Å²) >= 11 is 0. The van der Waals surface area contributed by atoms with Crippen molar-refractivity contribution in [2.45, 2.75) is 32.3 Å². The molecule has 0 spiro atoms. The van der Waals surface area contributed by atoms with Gasteiger partial charge in [-0.15, -0.1) is 24.0 Å². The topological polar surface area (TPSA) is 93.8 Å². The van der Waals surface area contributed by atoms with Gasteiger partial charge in [-0.25, -0.2) is 8.42 Å². The van der Waals surface area contributed by atoms with Crippen molar-refractivity contribution in [2.75, 3.05) is 30.0 Å². The first-order valence-electron chi connectivity index (χ1n) is 7.88. The largest absolute Gasteiger partial charge is 0.374 e. The van der Waals surface area contributed by atoms with E-state index in [2.05, 4.69) is 36.3 Å². The molecule has 0 amide bonds. The minimum Gasteiger partial charge on any atom is -0.374 e. The Kier molecular flexibility index (Phi) is 8.44. The molecule has 0 aromatic heterocycles. The molecule has 0 aliphatic carbocycles. The predicted octanol–water partition coefficient (Wildman–Crippen LogP) is 2.36. The van der Waals surface area contributed by atoms with Gasteiger partial charge in [-0.3, -0.25) is 4.99 Å². The molecule has 1 aromatic carbocycles. The molecule has 0 saturated carbocycles. The Hall–Kier alpha value is -0.870. The normalized spacial score (nSPS) is 21.6. The van der Waals surface area contributed by atoms with Crippen LogP contribution >= 0.6 is 24.0 Å². The lowest BCUT2D eigenvalue weighted by Gasteiger charge is -2.21. The maximum absolute atomic E-state index is 11.5. The third kappa shape index (κ3) is 6.56. The summed E-state index contributed by atoms with van der Waals surface area (Å²) in [5.74, 6) is 0.880. The van der Waals surface area contributed by atoms with E-state index in [0.29, 0.717) is 5.92 Å². The van der Waals surface area contributed by atoms with E-state index in [9.17, 15) is 8.42 Å². The van der Waals surface area contributed by atoms with E-state index in [1.54, 1.807) is 0 Å². The van der Waals surface area contributed by atoms with Gasteiger partial charge >= 0.3 is 0 Å². The summed E-state index contributed by atoms with van der Waals surface area (Å²) in [7, 11) is -3.01. The average molecular weight is 467 g/mol. The monoisotopic (exact) mass is 467 g/mol. The molecule has 2 rings (SSSR count). The van der Waals surface area contributed by atoms with Crippen molar-refractivity contribution in [2.24, 2.45) is 10.7 Å². The van der Waals surface area contributed by atoms with E-state index in [-0.39, 0.29) is 54.6 Å². The van der Waals surface area contributed by atoms with Gasteiger partial charge in [0.2, 0.25) is 0 Å². The molecule has 1 fully saturated rings. The van der Waals surface area contributed by atoms with E-state index in [0.717, 1.165) is 12.1 Å². The first-order valence-corrected chi connectivity index (χ1v) is 9.70. The van der Waals surface area contributed by atoms with Crippen LogP contribution in [0, 0.1) is 0 Å². The predicted molar refractivity (Wildman–Crippen MR) is 109 cm³/mol. The van der Waals surface area contributed by atoms with Gasteiger partial charge in [0.05, 0.1) is 30.8 Å². The van der Waals surface area contributed by atoms with Crippen LogP contribution in [0.25, 0.3) is 0 Å². The summed E-state index contributed by atoms with van der Waals surface area (Å²) in [4.78, 5) is 4.18. The molecule has 1 aromatic rings. The zero-order valence-electron chi connectivity index (χ0n) is 14.1. The van der Waals surface area contributed by atoms with Gasteiger partial charge in [-0.2, -0.15) is 0 Å². The first kappa shape index (κ1) is 21.2. The fourth-order valence-corrected chi connectivity index (χ4v) is 3.67. The number of rotatable bonds is 5. The van der Waals surface area contributed by atoms with Crippen LogP contribution in [0.1, 0.15) is 31.7 Å². The third-order valence-corrected chi connectivity index (χ3v) is 5.69. The van der Waals surface area contributed by atoms with E-state index >= 15 is 0 Å². The Morgan fingerprint density at radius 3 is 2.67 bits per heavy atom. The number of guanidine groups is 1. The molecule has 136 valence electrons. The second kappa shape index (κ2) is 9.57. The number of hydrogen-bond donors (Lipinski definition) is 2. The highest BCUT2D eigenvalue weighted by Crippen LogP contribution is 2.20. The smallest absolute Gasteiger partial charge is 0.193 e. The summed E-state index contributed by atoms with van der Waals surface area (Å²) in [6.07, 6.45) is 0.683. The fraction of sp³-hybridized carbons (Fsp3) is 0.562. The number of ether oxygens (including phenoxy) is 1. The number of anilines is 1. The van der Waals surface area contributed by atoms with Gasteiger partial charge in [0.1, 0.15) is 0 Å². The van der Waals surface area contributed by atoms with Crippen LogP contribution in [0.4, 0.5) is 5.69 Å². The number of benzene rings is 1. The zero-order valence-corrected chi connectivity index (χ0v) is 17.2.